The fraction of sp³-hybridized carbons (Fsp3) is 0.0909. The van der Waals surface area contributed by atoms with Crippen LogP contribution in [-0.2, 0) is 0 Å². The van der Waals surface area contributed by atoms with E-state index in [4.69, 9.17) is 6.42 Å². The highest BCUT2D eigenvalue weighted by atomic mass is 14.0. The molecule has 0 saturated carbocycles. The molecule has 0 aliphatic carbocycles. The van der Waals surface area contributed by atoms with Crippen LogP contribution in [0.1, 0.15) is 16.7 Å². The van der Waals surface area contributed by atoms with E-state index in [1.807, 2.05) is 31.2 Å². The second-order valence-electron chi connectivity index (χ2n) is 2.42. The maximum absolute atomic E-state index is 5.24. The summed E-state index contributed by atoms with van der Waals surface area (Å²) < 4.78 is 0. The SMILES string of the molecule is C#Cc1ccc(C)c(C=C)c1. The molecule has 1 rings (SSSR count). The van der Waals surface area contributed by atoms with Gasteiger partial charge >= 0.3 is 0 Å². The molecule has 0 fully saturated rings. The Bertz CT molecular complexity index is 313. The standard InChI is InChI=1S/C11H10/c1-4-10-7-6-9(3)11(5-2)8-10/h1,5-8H,2H2,3H3. The third-order valence-corrected chi connectivity index (χ3v) is 1.67. The number of hydrogen-bond donors (Lipinski definition) is 0. The summed E-state index contributed by atoms with van der Waals surface area (Å²) >= 11 is 0. The molecule has 0 spiro atoms. The van der Waals surface area contributed by atoms with Crippen LogP contribution in [0.15, 0.2) is 24.8 Å². The Kier molecular flexibility index (Phi) is 2.13. The van der Waals surface area contributed by atoms with Gasteiger partial charge in [0.25, 0.3) is 0 Å². The Labute approximate surface area is 67.6 Å². The average Bonchev–Trinajstić information content (AvgIpc) is 2.05. The lowest BCUT2D eigenvalue weighted by Crippen LogP contribution is -1.81. The van der Waals surface area contributed by atoms with Gasteiger partial charge in [0.1, 0.15) is 0 Å². The molecule has 0 nitrogen and oxygen atoms in total. The van der Waals surface area contributed by atoms with Crippen LogP contribution in [0.2, 0.25) is 0 Å². The summed E-state index contributed by atoms with van der Waals surface area (Å²) in [6.07, 6.45) is 7.05. The van der Waals surface area contributed by atoms with Gasteiger partial charge in [0.2, 0.25) is 0 Å². The monoisotopic (exact) mass is 142 g/mol. The van der Waals surface area contributed by atoms with E-state index < -0.39 is 0 Å². The minimum Gasteiger partial charge on any atom is -0.115 e. The van der Waals surface area contributed by atoms with Crippen molar-refractivity contribution in [2.24, 2.45) is 0 Å². The second kappa shape index (κ2) is 3.07. The first kappa shape index (κ1) is 7.63. The van der Waals surface area contributed by atoms with Gasteiger partial charge < -0.3 is 0 Å². The Morgan fingerprint density at radius 1 is 1.55 bits per heavy atom. The number of terminal acetylenes is 1. The van der Waals surface area contributed by atoms with Gasteiger partial charge in [-0.2, -0.15) is 0 Å². The van der Waals surface area contributed by atoms with E-state index in [0.717, 1.165) is 11.1 Å². The first-order chi connectivity index (χ1) is 5.27. The van der Waals surface area contributed by atoms with Crippen molar-refractivity contribution < 1.29 is 0 Å². The zero-order valence-electron chi connectivity index (χ0n) is 6.59. The van der Waals surface area contributed by atoms with Crippen LogP contribution < -0.4 is 0 Å². The summed E-state index contributed by atoms with van der Waals surface area (Å²) in [5, 5.41) is 0. The van der Waals surface area contributed by atoms with Crippen molar-refractivity contribution in [2.45, 2.75) is 6.92 Å². The molecule has 0 N–H and O–H groups in total. The first-order valence-electron chi connectivity index (χ1n) is 3.47. The second-order valence-corrected chi connectivity index (χ2v) is 2.42. The van der Waals surface area contributed by atoms with Crippen LogP contribution in [0.3, 0.4) is 0 Å². The molecule has 0 heterocycles. The lowest BCUT2D eigenvalue weighted by molar-refractivity contribution is 1.43. The van der Waals surface area contributed by atoms with Crippen molar-refractivity contribution in [1.82, 2.24) is 0 Å². The number of aryl methyl sites for hydroxylation is 1. The van der Waals surface area contributed by atoms with Crippen LogP contribution in [0.4, 0.5) is 0 Å². The van der Waals surface area contributed by atoms with E-state index in [1.165, 1.54) is 5.56 Å². The molecule has 0 aromatic heterocycles. The summed E-state index contributed by atoms with van der Waals surface area (Å²) in [4.78, 5) is 0. The first-order valence-corrected chi connectivity index (χ1v) is 3.47. The summed E-state index contributed by atoms with van der Waals surface area (Å²) in [7, 11) is 0. The predicted octanol–water partition coefficient (Wildman–Crippen LogP) is 2.62. The van der Waals surface area contributed by atoms with Crippen LogP contribution in [-0.4, -0.2) is 0 Å². The Morgan fingerprint density at radius 2 is 2.27 bits per heavy atom. The fourth-order valence-electron chi connectivity index (χ4n) is 0.950. The lowest BCUT2D eigenvalue weighted by Gasteiger charge is -1.99. The Morgan fingerprint density at radius 3 is 2.82 bits per heavy atom. The van der Waals surface area contributed by atoms with E-state index >= 15 is 0 Å². The van der Waals surface area contributed by atoms with Crippen molar-refractivity contribution in [1.29, 1.82) is 0 Å². The molecule has 0 saturated heterocycles. The summed E-state index contributed by atoms with van der Waals surface area (Å²) in [6.45, 7) is 5.74. The average molecular weight is 142 g/mol. The Balaban J connectivity index is 3.25. The number of benzene rings is 1. The van der Waals surface area contributed by atoms with Crippen molar-refractivity contribution in [3.8, 4) is 12.3 Å². The zero-order valence-corrected chi connectivity index (χ0v) is 6.59. The van der Waals surface area contributed by atoms with Gasteiger partial charge in [-0.15, -0.1) is 6.42 Å². The highest BCUT2D eigenvalue weighted by Gasteiger charge is 1.93. The van der Waals surface area contributed by atoms with E-state index in [0.29, 0.717) is 0 Å². The molecular formula is C11H10. The fourth-order valence-corrected chi connectivity index (χ4v) is 0.950. The van der Waals surface area contributed by atoms with Gasteiger partial charge in [-0.25, -0.2) is 0 Å². The molecule has 0 amide bonds. The van der Waals surface area contributed by atoms with Gasteiger partial charge in [-0.05, 0) is 30.2 Å². The normalized spacial score (nSPS) is 8.73. The van der Waals surface area contributed by atoms with Crippen molar-refractivity contribution in [2.75, 3.05) is 0 Å². The molecule has 0 atom stereocenters. The van der Waals surface area contributed by atoms with Gasteiger partial charge in [0, 0.05) is 5.56 Å². The molecule has 0 heteroatoms. The minimum absolute atomic E-state index is 0.908. The maximum atomic E-state index is 5.24. The summed E-state index contributed by atoms with van der Waals surface area (Å²) in [5.41, 5.74) is 3.23. The molecule has 0 bridgehead atoms. The van der Waals surface area contributed by atoms with Gasteiger partial charge in [-0.3, -0.25) is 0 Å². The topological polar surface area (TPSA) is 0 Å². The van der Waals surface area contributed by atoms with E-state index in [-0.39, 0.29) is 0 Å². The van der Waals surface area contributed by atoms with Crippen LogP contribution >= 0.6 is 0 Å². The molecule has 0 aliphatic heterocycles. The Hall–Kier alpha value is -1.48. The van der Waals surface area contributed by atoms with Crippen molar-refractivity contribution >= 4 is 6.08 Å². The molecule has 1 aromatic carbocycles. The third kappa shape index (κ3) is 1.50. The quantitative estimate of drug-likeness (QED) is 0.529. The highest BCUT2D eigenvalue weighted by Crippen LogP contribution is 2.11. The van der Waals surface area contributed by atoms with Gasteiger partial charge in [0.15, 0.2) is 0 Å². The number of rotatable bonds is 1. The third-order valence-electron chi connectivity index (χ3n) is 1.67. The van der Waals surface area contributed by atoms with Crippen molar-refractivity contribution in [3.63, 3.8) is 0 Å². The zero-order chi connectivity index (χ0) is 8.27. The predicted molar refractivity (Wildman–Crippen MR) is 49.2 cm³/mol. The van der Waals surface area contributed by atoms with Crippen LogP contribution in [0, 0.1) is 19.3 Å². The molecule has 0 aliphatic rings. The largest absolute Gasteiger partial charge is 0.115 e. The van der Waals surface area contributed by atoms with Crippen molar-refractivity contribution in [3.05, 3.63) is 41.5 Å². The molecule has 11 heavy (non-hydrogen) atoms. The van der Waals surface area contributed by atoms with Gasteiger partial charge in [0.05, 0.1) is 0 Å². The summed E-state index contributed by atoms with van der Waals surface area (Å²) in [5.74, 6) is 2.58. The van der Waals surface area contributed by atoms with E-state index in [9.17, 15) is 0 Å². The molecule has 1 aromatic rings. The summed E-state index contributed by atoms with van der Waals surface area (Å²) in [6, 6.07) is 5.90. The highest BCUT2D eigenvalue weighted by molar-refractivity contribution is 5.54. The van der Waals surface area contributed by atoms with Crippen LogP contribution in [0.5, 0.6) is 0 Å². The molecular weight excluding hydrogens is 132 g/mol. The molecule has 0 unspecified atom stereocenters. The lowest BCUT2D eigenvalue weighted by atomic mass is 10.1. The number of hydrogen-bond acceptors (Lipinski definition) is 0. The molecule has 0 radical (unpaired) electrons. The molecule has 54 valence electrons. The minimum atomic E-state index is 0.908. The van der Waals surface area contributed by atoms with E-state index in [1.54, 1.807) is 0 Å². The maximum Gasteiger partial charge on any atom is 0.0248 e. The van der Waals surface area contributed by atoms with Crippen LogP contribution in [0.25, 0.3) is 6.08 Å². The smallest absolute Gasteiger partial charge is 0.0248 e. The van der Waals surface area contributed by atoms with Gasteiger partial charge in [-0.1, -0.05) is 24.6 Å². The van der Waals surface area contributed by atoms with E-state index in [2.05, 4.69) is 12.5 Å².